The number of rotatable bonds is 0. The van der Waals surface area contributed by atoms with Crippen molar-refractivity contribution in [2.45, 2.75) is 0 Å². The molecule has 0 rings (SSSR count). The van der Waals surface area contributed by atoms with Crippen molar-refractivity contribution in [2.24, 2.45) is 0 Å². The molecule has 0 atom stereocenters. The molecule has 0 unspecified atom stereocenters. The molecule has 0 N–H and O–H groups in total. The molecular formula is CH3O4Ru-. The van der Waals surface area contributed by atoms with Crippen LogP contribution in [0.5, 0.6) is 0 Å². The zero-order valence-corrected chi connectivity index (χ0v) is 4.72. The molecule has 40 valence electrons. The van der Waals surface area contributed by atoms with E-state index in [0.29, 0.717) is 0 Å². The van der Waals surface area contributed by atoms with Crippen molar-refractivity contribution in [3.8, 4) is 0 Å². The van der Waals surface area contributed by atoms with Gasteiger partial charge in [0.2, 0.25) is 0 Å². The summed E-state index contributed by atoms with van der Waals surface area (Å²) < 4.78 is 34.4. The van der Waals surface area contributed by atoms with Crippen molar-refractivity contribution in [1.82, 2.24) is 0 Å². The van der Waals surface area contributed by atoms with Crippen LogP contribution in [-0.4, -0.2) is 0 Å². The molecule has 0 aliphatic carbocycles. The molecule has 0 fully saturated rings. The second-order valence-corrected chi connectivity index (χ2v) is 2.09. The molecule has 0 aromatic heterocycles. The van der Waals surface area contributed by atoms with E-state index in [1.807, 2.05) is 0 Å². The van der Waals surface area contributed by atoms with E-state index in [4.69, 9.17) is 14.3 Å². The van der Waals surface area contributed by atoms with Gasteiger partial charge in [-0.3, -0.25) is 0 Å². The Morgan fingerprint density at radius 2 is 0.833 bits per heavy atom. The fourth-order valence-electron chi connectivity index (χ4n) is 0. The first-order valence-corrected chi connectivity index (χ1v) is 3.42. The van der Waals surface area contributed by atoms with Crippen LogP contribution in [0.4, 0.5) is 0 Å². The predicted octanol–water partition coefficient (Wildman–Crippen LogP) is -0.0274. The van der Waals surface area contributed by atoms with Gasteiger partial charge in [0.05, 0.1) is 0 Å². The summed E-state index contributed by atoms with van der Waals surface area (Å²) in [6.07, 6.45) is 0. The van der Waals surface area contributed by atoms with E-state index in [9.17, 15) is 0 Å². The second kappa shape index (κ2) is 2.08. The summed E-state index contributed by atoms with van der Waals surface area (Å²) in [5.41, 5.74) is 0. The maximum absolute atomic E-state index is 8.61. The van der Waals surface area contributed by atoms with E-state index in [0.717, 1.165) is 0 Å². The zero-order chi connectivity index (χ0) is 4.50. The van der Waals surface area contributed by atoms with Crippen LogP contribution < -0.4 is 0 Å². The quantitative estimate of drug-likeness (QED) is 0.388. The fourth-order valence-corrected chi connectivity index (χ4v) is 0. The molecule has 0 saturated heterocycles. The van der Waals surface area contributed by atoms with Crippen LogP contribution >= 0.6 is 0 Å². The summed E-state index contributed by atoms with van der Waals surface area (Å²) in [7, 11) is 0. The van der Waals surface area contributed by atoms with Gasteiger partial charge in [0.25, 0.3) is 0 Å². The first kappa shape index (κ1) is 9.27. The van der Waals surface area contributed by atoms with Gasteiger partial charge in [-0.05, 0) is 0 Å². The maximum atomic E-state index is 8.61. The van der Waals surface area contributed by atoms with Gasteiger partial charge in [0.1, 0.15) is 0 Å². The molecular weight excluding hydrogens is 177 g/mol. The van der Waals surface area contributed by atoms with Crippen molar-refractivity contribution in [3.63, 3.8) is 0 Å². The molecule has 6 heavy (non-hydrogen) atoms. The van der Waals surface area contributed by atoms with E-state index >= 15 is 0 Å². The summed E-state index contributed by atoms with van der Waals surface area (Å²) in [6, 6.07) is 0. The Balaban J connectivity index is 0. The molecule has 0 aliphatic rings. The summed E-state index contributed by atoms with van der Waals surface area (Å²) in [4.78, 5) is 0. The average Bonchev–Trinajstić information content (AvgIpc) is 0.722. The first-order valence-electron chi connectivity index (χ1n) is 0.577. The van der Waals surface area contributed by atoms with Crippen LogP contribution in [0.25, 0.3) is 0 Å². The zero-order valence-electron chi connectivity index (χ0n) is 2.99. The molecule has 0 amide bonds. The Morgan fingerprint density at radius 3 is 0.833 bits per heavy atom. The number of hydrogen-bond donors (Lipinski definition) is 0. The third kappa shape index (κ3) is 977. The normalized spacial score (nSPS) is 9.33. The van der Waals surface area contributed by atoms with Crippen molar-refractivity contribution >= 4 is 0 Å². The molecule has 0 saturated carbocycles. The van der Waals surface area contributed by atoms with E-state index in [2.05, 4.69) is 0 Å². The van der Waals surface area contributed by atoms with Crippen LogP contribution in [0.1, 0.15) is 0 Å². The predicted molar refractivity (Wildman–Crippen MR) is 9.16 cm³/mol. The average molecular weight is 180 g/mol. The van der Waals surface area contributed by atoms with Crippen LogP contribution in [-0.2, 0) is 28.9 Å². The number of hydrogen-bond acceptors (Lipinski definition) is 4. The molecule has 4 nitrogen and oxygen atoms in total. The van der Waals surface area contributed by atoms with Crippen molar-refractivity contribution < 1.29 is 28.9 Å². The molecule has 0 aromatic rings. The summed E-state index contributed by atoms with van der Waals surface area (Å²) in [5, 5.41) is 0. The van der Waals surface area contributed by atoms with E-state index in [-0.39, 0.29) is 7.43 Å². The topological polar surface area (TPSA) is 68.3 Å². The second-order valence-electron chi connectivity index (χ2n) is 0.354. The van der Waals surface area contributed by atoms with Crippen LogP contribution in [0.3, 0.4) is 0 Å². The van der Waals surface area contributed by atoms with Crippen molar-refractivity contribution in [3.05, 3.63) is 7.43 Å². The molecule has 5 heteroatoms. The SMILES string of the molecule is [CH3-].[O]=[Ru](=[O])(=[O])=[O]. The van der Waals surface area contributed by atoms with Gasteiger partial charge in [-0.2, -0.15) is 0 Å². The van der Waals surface area contributed by atoms with E-state index in [1.54, 1.807) is 0 Å². The Labute approximate surface area is 37.0 Å². The fraction of sp³-hybridized carbons (Fsp3) is 0. The molecule has 0 bridgehead atoms. The third-order valence-electron chi connectivity index (χ3n) is 0. The third-order valence-corrected chi connectivity index (χ3v) is 0. The van der Waals surface area contributed by atoms with Gasteiger partial charge in [-0.1, -0.05) is 0 Å². The van der Waals surface area contributed by atoms with E-state index < -0.39 is 14.6 Å². The van der Waals surface area contributed by atoms with Crippen molar-refractivity contribution in [1.29, 1.82) is 0 Å². The van der Waals surface area contributed by atoms with Gasteiger partial charge >= 0.3 is 28.9 Å². The summed E-state index contributed by atoms with van der Waals surface area (Å²) in [5.74, 6) is 0. The monoisotopic (exact) mass is 181 g/mol. The molecule has 0 aliphatic heterocycles. The van der Waals surface area contributed by atoms with Crippen LogP contribution in [0, 0.1) is 7.43 Å². The van der Waals surface area contributed by atoms with Crippen LogP contribution in [0.2, 0.25) is 0 Å². The summed E-state index contributed by atoms with van der Waals surface area (Å²) >= 11 is -5.86. The standard InChI is InChI=1S/CH3.4O.Ru/h1H3;;;;;/q-1;;;;;. The Morgan fingerprint density at radius 1 is 0.833 bits per heavy atom. The van der Waals surface area contributed by atoms with Crippen molar-refractivity contribution in [2.75, 3.05) is 0 Å². The Bertz CT molecular complexity index is 159. The van der Waals surface area contributed by atoms with Gasteiger partial charge in [0.15, 0.2) is 0 Å². The summed E-state index contributed by atoms with van der Waals surface area (Å²) in [6.45, 7) is 0. The minimum absolute atomic E-state index is 0. The molecule has 0 spiro atoms. The van der Waals surface area contributed by atoms with Gasteiger partial charge in [-0.25, -0.2) is 0 Å². The van der Waals surface area contributed by atoms with Gasteiger partial charge in [-0.15, -0.1) is 0 Å². The molecule has 0 aromatic carbocycles. The van der Waals surface area contributed by atoms with Gasteiger partial charge in [0, 0.05) is 0 Å². The van der Waals surface area contributed by atoms with Gasteiger partial charge < -0.3 is 7.43 Å². The molecule has 0 radical (unpaired) electrons. The van der Waals surface area contributed by atoms with E-state index in [1.165, 1.54) is 0 Å². The first-order chi connectivity index (χ1) is 2.00. The molecule has 0 heterocycles. The van der Waals surface area contributed by atoms with Crippen LogP contribution in [0.15, 0.2) is 0 Å². The minimum atomic E-state index is -5.86. The Kier molecular flexibility index (Phi) is 3.21. The Hall–Kier alpha value is -0.177.